The largest absolute Gasteiger partial charge is 0.120 e. The lowest BCUT2D eigenvalue weighted by atomic mass is 10.1. The minimum atomic E-state index is 0.644. The van der Waals surface area contributed by atoms with Gasteiger partial charge in [-0.3, -0.25) is 0 Å². The summed E-state index contributed by atoms with van der Waals surface area (Å²) in [6, 6.07) is 0. The SMILES string of the molecule is C#CCCC(C)C=CC. The minimum Gasteiger partial charge on any atom is -0.120 e. The summed E-state index contributed by atoms with van der Waals surface area (Å²) in [5.74, 6) is 3.27. The highest BCUT2D eigenvalue weighted by Gasteiger charge is 1.91. The van der Waals surface area contributed by atoms with Gasteiger partial charge in [-0.2, -0.15) is 0 Å². The van der Waals surface area contributed by atoms with Crippen molar-refractivity contribution in [1.82, 2.24) is 0 Å². The van der Waals surface area contributed by atoms with Gasteiger partial charge in [0.05, 0.1) is 0 Å². The molecule has 0 aromatic rings. The molecule has 0 aromatic carbocycles. The van der Waals surface area contributed by atoms with E-state index in [1.165, 1.54) is 0 Å². The normalized spacial score (nSPS) is 13.4. The zero-order valence-corrected chi connectivity index (χ0v) is 6.22. The predicted octanol–water partition coefficient (Wildman–Crippen LogP) is 2.61. The fourth-order valence-electron chi connectivity index (χ4n) is 0.736. The molecule has 0 heterocycles. The molecule has 0 rings (SSSR count). The highest BCUT2D eigenvalue weighted by atomic mass is 14.0. The lowest BCUT2D eigenvalue weighted by molar-refractivity contribution is 0.664. The first-order chi connectivity index (χ1) is 4.31. The van der Waals surface area contributed by atoms with E-state index in [4.69, 9.17) is 6.42 Å². The van der Waals surface area contributed by atoms with Crippen LogP contribution < -0.4 is 0 Å². The smallest absolute Gasteiger partial charge is 0.00915 e. The lowest BCUT2D eigenvalue weighted by Crippen LogP contribution is -1.86. The molecule has 0 N–H and O–H groups in total. The van der Waals surface area contributed by atoms with E-state index in [1.807, 2.05) is 6.92 Å². The lowest BCUT2D eigenvalue weighted by Gasteiger charge is -1.99. The molecular formula is C9H14. The third-order valence-corrected chi connectivity index (χ3v) is 1.26. The third kappa shape index (κ3) is 5.17. The number of rotatable bonds is 3. The number of allylic oxidation sites excluding steroid dienone is 2. The summed E-state index contributed by atoms with van der Waals surface area (Å²) in [5.41, 5.74) is 0. The fourth-order valence-corrected chi connectivity index (χ4v) is 0.736. The predicted molar refractivity (Wildman–Crippen MR) is 42.0 cm³/mol. The molecule has 0 aliphatic heterocycles. The molecule has 0 fully saturated rings. The van der Waals surface area contributed by atoms with Crippen LogP contribution in [0.15, 0.2) is 12.2 Å². The molecule has 0 saturated carbocycles. The van der Waals surface area contributed by atoms with Crippen LogP contribution in [0.1, 0.15) is 26.7 Å². The first-order valence-corrected chi connectivity index (χ1v) is 3.37. The Morgan fingerprint density at radius 3 is 2.78 bits per heavy atom. The van der Waals surface area contributed by atoms with Crippen LogP contribution in [-0.4, -0.2) is 0 Å². The fraction of sp³-hybridized carbons (Fsp3) is 0.556. The second-order valence-electron chi connectivity index (χ2n) is 2.25. The van der Waals surface area contributed by atoms with E-state index >= 15 is 0 Å². The van der Waals surface area contributed by atoms with E-state index in [0.29, 0.717) is 5.92 Å². The molecule has 0 spiro atoms. The Morgan fingerprint density at radius 1 is 1.67 bits per heavy atom. The Labute approximate surface area is 58.0 Å². The van der Waals surface area contributed by atoms with Gasteiger partial charge in [0, 0.05) is 6.42 Å². The standard InChI is InChI=1S/C9H14/c1-4-6-8-9(3)7-5-2/h1,5,7,9H,6,8H2,2-3H3. The number of hydrogen-bond donors (Lipinski definition) is 0. The minimum absolute atomic E-state index is 0.644. The molecule has 50 valence electrons. The van der Waals surface area contributed by atoms with E-state index in [1.54, 1.807) is 0 Å². The molecule has 1 unspecified atom stereocenters. The van der Waals surface area contributed by atoms with Gasteiger partial charge in [-0.15, -0.1) is 12.3 Å². The van der Waals surface area contributed by atoms with Crippen molar-refractivity contribution >= 4 is 0 Å². The van der Waals surface area contributed by atoms with Crippen molar-refractivity contribution < 1.29 is 0 Å². The van der Waals surface area contributed by atoms with Crippen molar-refractivity contribution in [2.24, 2.45) is 5.92 Å². The van der Waals surface area contributed by atoms with Crippen molar-refractivity contribution in [2.45, 2.75) is 26.7 Å². The average Bonchev–Trinajstić information content (AvgIpc) is 1.85. The molecule has 0 aliphatic carbocycles. The maximum Gasteiger partial charge on any atom is 0.00915 e. The monoisotopic (exact) mass is 122 g/mol. The Balaban J connectivity index is 3.29. The summed E-state index contributed by atoms with van der Waals surface area (Å²) < 4.78 is 0. The third-order valence-electron chi connectivity index (χ3n) is 1.26. The van der Waals surface area contributed by atoms with E-state index < -0.39 is 0 Å². The maximum atomic E-state index is 5.10. The number of terminal acetylenes is 1. The Morgan fingerprint density at radius 2 is 2.33 bits per heavy atom. The maximum absolute atomic E-state index is 5.10. The zero-order chi connectivity index (χ0) is 7.11. The number of hydrogen-bond acceptors (Lipinski definition) is 0. The molecule has 0 saturated heterocycles. The van der Waals surface area contributed by atoms with Crippen LogP contribution in [0.3, 0.4) is 0 Å². The van der Waals surface area contributed by atoms with Crippen LogP contribution in [0.25, 0.3) is 0 Å². The molecule has 0 heteroatoms. The molecule has 1 atom stereocenters. The molecule has 0 nitrogen and oxygen atoms in total. The quantitative estimate of drug-likeness (QED) is 0.398. The molecular weight excluding hydrogens is 108 g/mol. The van der Waals surface area contributed by atoms with Gasteiger partial charge in [-0.1, -0.05) is 19.1 Å². The van der Waals surface area contributed by atoms with Gasteiger partial charge in [0.15, 0.2) is 0 Å². The summed E-state index contributed by atoms with van der Waals surface area (Å²) in [4.78, 5) is 0. The summed E-state index contributed by atoms with van der Waals surface area (Å²) >= 11 is 0. The Bertz CT molecular complexity index is 114. The highest BCUT2D eigenvalue weighted by Crippen LogP contribution is 2.05. The van der Waals surface area contributed by atoms with E-state index in [9.17, 15) is 0 Å². The summed E-state index contributed by atoms with van der Waals surface area (Å²) in [7, 11) is 0. The molecule has 0 radical (unpaired) electrons. The van der Waals surface area contributed by atoms with Crippen LogP contribution in [0, 0.1) is 18.3 Å². The second-order valence-corrected chi connectivity index (χ2v) is 2.25. The van der Waals surface area contributed by atoms with E-state index in [2.05, 4.69) is 25.0 Å². The molecule has 0 amide bonds. The Kier molecular flexibility index (Phi) is 5.01. The zero-order valence-electron chi connectivity index (χ0n) is 6.22. The van der Waals surface area contributed by atoms with E-state index in [0.717, 1.165) is 12.8 Å². The van der Waals surface area contributed by atoms with Crippen molar-refractivity contribution in [3.63, 3.8) is 0 Å². The van der Waals surface area contributed by atoms with Gasteiger partial charge in [0.25, 0.3) is 0 Å². The van der Waals surface area contributed by atoms with Gasteiger partial charge in [0.1, 0.15) is 0 Å². The van der Waals surface area contributed by atoms with Crippen molar-refractivity contribution in [2.75, 3.05) is 0 Å². The molecule has 0 aromatic heterocycles. The summed E-state index contributed by atoms with van der Waals surface area (Å²) in [5, 5.41) is 0. The highest BCUT2D eigenvalue weighted by molar-refractivity contribution is 4.88. The van der Waals surface area contributed by atoms with Crippen LogP contribution in [0.4, 0.5) is 0 Å². The van der Waals surface area contributed by atoms with Gasteiger partial charge in [-0.25, -0.2) is 0 Å². The van der Waals surface area contributed by atoms with Crippen LogP contribution in [0.2, 0.25) is 0 Å². The molecule has 0 bridgehead atoms. The molecule has 0 aliphatic rings. The first kappa shape index (κ1) is 8.30. The van der Waals surface area contributed by atoms with Crippen molar-refractivity contribution in [3.8, 4) is 12.3 Å². The van der Waals surface area contributed by atoms with Gasteiger partial charge in [0.2, 0.25) is 0 Å². The second kappa shape index (κ2) is 5.44. The van der Waals surface area contributed by atoms with Crippen molar-refractivity contribution in [3.05, 3.63) is 12.2 Å². The average molecular weight is 122 g/mol. The first-order valence-electron chi connectivity index (χ1n) is 3.37. The topological polar surface area (TPSA) is 0 Å². The Hall–Kier alpha value is -0.700. The van der Waals surface area contributed by atoms with Gasteiger partial charge < -0.3 is 0 Å². The van der Waals surface area contributed by atoms with Crippen LogP contribution in [0.5, 0.6) is 0 Å². The molecule has 9 heavy (non-hydrogen) atoms. The van der Waals surface area contributed by atoms with Crippen molar-refractivity contribution in [1.29, 1.82) is 0 Å². The van der Waals surface area contributed by atoms with Crippen LogP contribution in [-0.2, 0) is 0 Å². The van der Waals surface area contributed by atoms with Gasteiger partial charge >= 0.3 is 0 Å². The van der Waals surface area contributed by atoms with Gasteiger partial charge in [-0.05, 0) is 19.3 Å². The summed E-state index contributed by atoms with van der Waals surface area (Å²) in [6.07, 6.45) is 11.4. The van der Waals surface area contributed by atoms with Crippen LogP contribution >= 0.6 is 0 Å². The summed E-state index contributed by atoms with van der Waals surface area (Å²) in [6.45, 7) is 4.21. The van der Waals surface area contributed by atoms with E-state index in [-0.39, 0.29) is 0 Å².